The van der Waals surface area contributed by atoms with Gasteiger partial charge in [-0.05, 0) is 57.1 Å². The number of para-hydroxylation sites is 1. The molecule has 180 valence electrons. The number of nitrogens with one attached hydrogen (secondary N) is 2. The third-order valence-electron chi connectivity index (χ3n) is 6.89. The number of aromatic nitrogens is 4. The fraction of sp³-hybridized carbons (Fsp3) is 0.478. The summed E-state index contributed by atoms with van der Waals surface area (Å²) >= 11 is 0. The van der Waals surface area contributed by atoms with Gasteiger partial charge in [-0.1, -0.05) is 6.07 Å². The second-order valence-corrected chi connectivity index (χ2v) is 9.09. The predicted octanol–water partition coefficient (Wildman–Crippen LogP) is 3.39. The quantitative estimate of drug-likeness (QED) is 0.433. The molecule has 2 saturated carbocycles. The Labute approximate surface area is 194 Å². The number of primary amides is 1. The summed E-state index contributed by atoms with van der Waals surface area (Å²) in [5.41, 5.74) is 6.17. The molecule has 0 unspecified atom stereocenters. The van der Waals surface area contributed by atoms with Crippen molar-refractivity contribution in [1.82, 2.24) is 19.5 Å². The van der Waals surface area contributed by atoms with Crippen LogP contribution in [0.3, 0.4) is 0 Å². The molecule has 2 aliphatic rings. The molecule has 11 heteroatoms. The van der Waals surface area contributed by atoms with Crippen molar-refractivity contribution in [3.05, 3.63) is 36.0 Å². The third kappa shape index (κ3) is 4.27. The average molecular weight is 472 g/mol. The molecule has 1 amide bonds. The fourth-order valence-electron chi connectivity index (χ4n) is 5.02. The highest BCUT2D eigenvalue weighted by molar-refractivity contribution is 5.78. The number of nitrogens with zero attached hydrogens (tertiary/aromatic N) is 4. The Bertz CT molecular complexity index is 1190. The van der Waals surface area contributed by atoms with Gasteiger partial charge in [-0.2, -0.15) is 4.98 Å². The summed E-state index contributed by atoms with van der Waals surface area (Å²) < 4.78 is 30.6. The zero-order chi connectivity index (χ0) is 23.8. The van der Waals surface area contributed by atoms with E-state index in [0.29, 0.717) is 42.8 Å². The van der Waals surface area contributed by atoms with Gasteiger partial charge in [0.05, 0.1) is 18.3 Å². The summed E-state index contributed by atoms with van der Waals surface area (Å²) in [7, 11) is 0. The minimum atomic E-state index is -0.736. The second kappa shape index (κ2) is 9.13. The number of aliphatic hydroxyl groups is 1. The summed E-state index contributed by atoms with van der Waals surface area (Å²) in [6.07, 6.45) is 6.06. The topological polar surface area (TPSA) is 131 Å². The van der Waals surface area contributed by atoms with Gasteiger partial charge < -0.3 is 21.5 Å². The Kier molecular flexibility index (Phi) is 6.03. The summed E-state index contributed by atoms with van der Waals surface area (Å²) in [4.78, 5) is 25.2. The van der Waals surface area contributed by atoms with Crippen molar-refractivity contribution in [2.45, 2.75) is 63.1 Å². The highest BCUT2D eigenvalue weighted by Crippen LogP contribution is 2.37. The van der Waals surface area contributed by atoms with E-state index in [4.69, 9.17) is 5.73 Å². The summed E-state index contributed by atoms with van der Waals surface area (Å²) in [5, 5.41) is 16.2. The summed E-state index contributed by atoms with van der Waals surface area (Å²) in [5.74, 6) is -1.38. The molecule has 2 aromatic heterocycles. The van der Waals surface area contributed by atoms with Gasteiger partial charge in [0.2, 0.25) is 17.8 Å². The third-order valence-corrected chi connectivity index (χ3v) is 6.89. The molecule has 0 saturated heterocycles. The van der Waals surface area contributed by atoms with Gasteiger partial charge in [0.1, 0.15) is 22.8 Å². The Morgan fingerprint density at radius 1 is 1.09 bits per heavy atom. The van der Waals surface area contributed by atoms with Crippen molar-refractivity contribution in [2.75, 3.05) is 10.6 Å². The first-order valence-electron chi connectivity index (χ1n) is 11.6. The van der Waals surface area contributed by atoms with Crippen LogP contribution in [0.1, 0.15) is 51.0 Å². The summed E-state index contributed by atoms with van der Waals surface area (Å²) in [6, 6.07) is 3.41. The van der Waals surface area contributed by atoms with Gasteiger partial charge in [0, 0.05) is 12.0 Å². The number of imidazole rings is 1. The van der Waals surface area contributed by atoms with E-state index >= 15 is 0 Å². The van der Waals surface area contributed by atoms with E-state index in [2.05, 4.69) is 25.6 Å². The Balaban J connectivity index is 1.53. The maximum atomic E-state index is 14.4. The molecule has 5 rings (SSSR count). The van der Waals surface area contributed by atoms with Gasteiger partial charge in [-0.25, -0.2) is 18.7 Å². The van der Waals surface area contributed by atoms with E-state index < -0.39 is 17.7 Å². The first-order valence-corrected chi connectivity index (χ1v) is 11.6. The van der Waals surface area contributed by atoms with Crippen LogP contribution in [0.2, 0.25) is 0 Å². The van der Waals surface area contributed by atoms with Gasteiger partial charge in [0.25, 0.3) is 0 Å². The Morgan fingerprint density at radius 2 is 1.82 bits per heavy atom. The number of hydrogen-bond donors (Lipinski definition) is 4. The van der Waals surface area contributed by atoms with Crippen LogP contribution in [0.25, 0.3) is 11.2 Å². The van der Waals surface area contributed by atoms with Crippen molar-refractivity contribution in [3.63, 3.8) is 0 Å². The predicted molar refractivity (Wildman–Crippen MR) is 122 cm³/mol. The van der Waals surface area contributed by atoms with E-state index in [1.807, 2.05) is 4.57 Å². The average Bonchev–Trinajstić information content (AvgIpc) is 3.39. The number of fused-ring (bicyclic) bond motifs is 1. The zero-order valence-corrected chi connectivity index (χ0v) is 18.5. The van der Waals surface area contributed by atoms with Crippen molar-refractivity contribution >= 4 is 34.7 Å². The molecule has 5 N–H and O–H groups in total. The molecule has 9 nitrogen and oxygen atoms in total. The number of halogens is 2. The fourth-order valence-corrected chi connectivity index (χ4v) is 5.02. The molecule has 1 aromatic carbocycles. The van der Waals surface area contributed by atoms with Crippen LogP contribution in [0.4, 0.5) is 26.4 Å². The van der Waals surface area contributed by atoms with Crippen molar-refractivity contribution < 1.29 is 18.7 Å². The SMILES string of the molecule is NC(=O)[C@H]1CC[C@H](n2c(Nc3c(F)cccc3F)nc3cnc(N[C@@H]4CCC[C@H]4O)nc32)CC1. The lowest BCUT2D eigenvalue weighted by molar-refractivity contribution is -0.122. The molecule has 0 spiro atoms. The second-order valence-electron chi connectivity index (χ2n) is 9.09. The number of benzene rings is 1. The van der Waals surface area contributed by atoms with Crippen LogP contribution in [0.15, 0.2) is 24.4 Å². The minimum absolute atomic E-state index is 0.0993. The number of amides is 1. The largest absolute Gasteiger partial charge is 0.391 e. The summed E-state index contributed by atoms with van der Waals surface area (Å²) in [6.45, 7) is 0. The zero-order valence-electron chi connectivity index (χ0n) is 18.5. The lowest BCUT2D eigenvalue weighted by atomic mass is 9.85. The Hall–Kier alpha value is -3.34. The van der Waals surface area contributed by atoms with Crippen molar-refractivity contribution in [2.24, 2.45) is 11.7 Å². The number of carbonyl (C=O) groups excluding carboxylic acids is 1. The number of rotatable bonds is 6. The molecule has 2 heterocycles. The monoisotopic (exact) mass is 471 g/mol. The molecule has 3 aromatic rings. The molecule has 0 radical (unpaired) electrons. The molecule has 34 heavy (non-hydrogen) atoms. The van der Waals surface area contributed by atoms with E-state index in [9.17, 15) is 18.7 Å². The molecule has 2 aliphatic carbocycles. The van der Waals surface area contributed by atoms with E-state index in [-0.39, 0.29) is 35.5 Å². The first-order chi connectivity index (χ1) is 16.4. The maximum Gasteiger partial charge on any atom is 0.225 e. The normalized spacial score (nSPS) is 24.9. The minimum Gasteiger partial charge on any atom is -0.391 e. The van der Waals surface area contributed by atoms with Crippen LogP contribution >= 0.6 is 0 Å². The first kappa shape index (κ1) is 22.5. The van der Waals surface area contributed by atoms with Crippen molar-refractivity contribution in [3.8, 4) is 0 Å². The van der Waals surface area contributed by atoms with Gasteiger partial charge in [-0.3, -0.25) is 9.36 Å². The van der Waals surface area contributed by atoms with Crippen molar-refractivity contribution in [1.29, 1.82) is 0 Å². The number of aliphatic hydroxyl groups excluding tert-OH is 1. The van der Waals surface area contributed by atoms with E-state index in [1.54, 1.807) is 6.20 Å². The number of nitrogens with two attached hydrogens (primary N) is 1. The maximum absolute atomic E-state index is 14.4. The molecular weight excluding hydrogens is 444 g/mol. The highest BCUT2D eigenvalue weighted by Gasteiger charge is 2.30. The number of carbonyl (C=O) groups is 1. The number of anilines is 3. The van der Waals surface area contributed by atoms with Gasteiger partial charge >= 0.3 is 0 Å². The lowest BCUT2D eigenvalue weighted by Gasteiger charge is -2.29. The van der Waals surface area contributed by atoms with Crippen LogP contribution < -0.4 is 16.4 Å². The van der Waals surface area contributed by atoms with Crippen LogP contribution in [0.5, 0.6) is 0 Å². The molecule has 2 fully saturated rings. The highest BCUT2D eigenvalue weighted by atomic mass is 19.1. The molecule has 0 bridgehead atoms. The molecular formula is C23H27F2N7O2. The smallest absolute Gasteiger partial charge is 0.225 e. The van der Waals surface area contributed by atoms with Crippen LogP contribution in [-0.4, -0.2) is 42.7 Å². The van der Waals surface area contributed by atoms with Crippen LogP contribution in [0, 0.1) is 17.6 Å². The van der Waals surface area contributed by atoms with Crippen LogP contribution in [-0.2, 0) is 4.79 Å². The van der Waals surface area contributed by atoms with Gasteiger partial charge in [-0.15, -0.1) is 0 Å². The molecule has 2 atom stereocenters. The lowest BCUT2D eigenvalue weighted by Crippen LogP contribution is -2.29. The van der Waals surface area contributed by atoms with E-state index in [1.165, 1.54) is 18.2 Å². The molecule has 0 aliphatic heterocycles. The van der Waals surface area contributed by atoms with Gasteiger partial charge in [0.15, 0.2) is 5.65 Å². The van der Waals surface area contributed by atoms with E-state index in [0.717, 1.165) is 19.3 Å². The Morgan fingerprint density at radius 3 is 2.47 bits per heavy atom. The standard InChI is InChI=1S/C23H27F2N7O2/c24-14-3-1-4-15(25)19(14)30-23-29-17-11-27-22(28-16-5-2-6-18(16)33)31-21(17)32(23)13-9-7-12(8-10-13)20(26)34/h1,3-4,11-13,16,18,33H,2,5-10H2,(H2,26,34)(H,29,30)(H,27,28,31)/t12-,13-,16-,18-/m1/s1. The number of hydrogen-bond acceptors (Lipinski definition) is 7.